The minimum absolute atomic E-state index is 0.103. The van der Waals surface area contributed by atoms with Gasteiger partial charge in [0.2, 0.25) is 0 Å². The van der Waals surface area contributed by atoms with Gasteiger partial charge in [-0.15, -0.1) is 0 Å². The number of methoxy groups -OCH3 is 1. The Balaban J connectivity index is 2.18. The predicted octanol–water partition coefficient (Wildman–Crippen LogP) is 1.79. The van der Waals surface area contributed by atoms with Gasteiger partial charge in [-0.1, -0.05) is 12.2 Å². The largest absolute Gasteiger partial charge is 0.493 e. The van der Waals surface area contributed by atoms with Crippen LogP contribution in [0.15, 0.2) is 24.3 Å². The van der Waals surface area contributed by atoms with Crippen molar-refractivity contribution < 1.29 is 24.2 Å². The number of nitrogen functional groups attached to an aromatic ring is 1. The number of aliphatic hydroxyl groups excluding tert-OH is 1. The molecule has 7 heteroatoms. The summed E-state index contributed by atoms with van der Waals surface area (Å²) in [5.74, 6) is 0.645. The van der Waals surface area contributed by atoms with Gasteiger partial charge in [-0.05, 0) is 25.8 Å². The second-order valence-corrected chi connectivity index (χ2v) is 6.35. The summed E-state index contributed by atoms with van der Waals surface area (Å²) in [5.41, 5.74) is 7.46. The summed E-state index contributed by atoms with van der Waals surface area (Å²) >= 11 is 0. The third-order valence-electron chi connectivity index (χ3n) is 4.45. The van der Waals surface area contributed by atoms with Crippen molar-refractivity contribution in [3.05, 3.63) is 29.8 Å². The molecule has 0 aromatic heterocycles. The summed E-state index contributed by atoms with van der Waals surface area (Å²) < 4.78 is 11.0. The number of rotatable bonds is 8. The minimum Gasteiger partial charge on any atom is -0.493 e. The molecule has 0 radical (unpaired) electrons. The Labute approximate surface area is 153 Å². The van der Waals surface area contributed by atoms with Crippen molar-refractivity contribution >= 4 is 17.4 Å². The molecular weight excluding hydrogens is 336 g/mol. The van der Waals surface area contributed by atoms with E-state index >= 15 is 0 Å². The van der Waals surface area contributed by atoms with Crippen LogP contribution in [0.1, 0.15) is 36.5 Å². The number of carbonyl (C=O) groups is 2. The van der Waals surface area contributed by atoms with E-state index < -0.39 is 6.04 Å². The molecule has 0 spiro atoms. The highest BCUT2D eigenvalue weighted by Gasteiger charge is 2.32. The first-order chi connectivity index (χ1) is 12.4. The molecule has 2 rings (SSSR count). The first kappa shape index (κ1) is 19.8. The number of ketones is 1. The van der Waals surface area contributed by atoms with Crippen LogP contribution in [-0.2, 0) is 4.79 Å². The van der Waals surface area contributed by atoms with Gasteiger partial charge in [0.05, 0.1) is 31.9 Å². The number of likely N-dealkylation sites (tertiary alicyclic amines) is 1. The molecule has 142 valence electrons. The van der Waals surface area contributed by atoms with E-state index in [0.29, 0.717) is 49.5 Å². The highest BCUT2D eigenvalue weighted by Crippen LogP contribution is 2.34. The number of Topliss-reactive ketones (excluding diaryl/α,β-unsaturated/α-hetero) is 1. The second kappa shape index (κ2) is 8.71. The number of nitrogens with zero attached hydrogens (tertiary/aromatic N) is 1. The lowest BCUT2D eigenvalue weighted by atomic mass is 10.1. The third kappa shape index (κ3) is 4.35. The monoisotopic (exact) mass is 362 g/mol. The van der Waals surface area contributed by atoms with Gasteiger partial charge in [-0.25, -0.2) is 0 Å². The molecule has 1 saturated heterocycles. The van der Waals surface area contributed by atoms with Crippen molar-refractivity contribution in [2.45, 2.75) is 32.2 Å². The van der Waals surface area contributed by atoms with Crippen molar-refractivity contribution in [1.82, 2.24) is 4.90 Å². The van der Waals surface area contributed by atoms with E-state index in [9.17, 15) is 14.7 Å². The van der Waals surface area contributed by atoms with E-state index in [1.807, 2.05) is 0 Å². The Bertz CT molecular complexity index is 701. The standard InChI is InChI=1S/C19H26N2O5/c1-12-6-7-21(16(12)11-22)19(24)14-9-17(25-3)18(10-15(14)20)26-8-4-5-13(2)23/h9-10,16,22H,1,4-8,11,20H2,2-3H3/t16-/m0/s1. The van der Waals surface area contributed by atoms with Crippen LogP contribution in [0.2, 0.25) is 0 Å². The summed E-state index contributed by atoms with van der Waals surface area (Å²) in [5, 5.41) is 9.52. The van der Waals surface area contributed by atoms with Crippen molar-refractivity contribution in [3.8, 4) is 11.5 Å². The van der Waals surface area contributed by atoms with Crippen molar-refractivity contribution in [3.63, 3.8) is 0 Å². The quantitative estimate of drug-likeness (QED) is 0.415. The molecule has 0 aliphatic carbocycles. The van der Waals surface area contributed by atoms with Gasteiger partial charge in [0.15, 0.2) is 11.5 Å². The highest BCUT2D eigenvalue weighted by atomic mass is 16.5. The zero-order valence-corrected chi connectivity index (χ0v) is 15.3. The van der Waals surface area contributed by atoms with Crippen molar-refractivity contribution in [2.75, 3.05) is 32.6 Å². The Morgan fingerprint density at radius 1 is 1.38 bits per heavy atom. The maximum absolute atomic E-state index is 12.9. The smallest absolute Gasteiger partial charge is 0.256 e. The lowest BCUT2D eigenvalue weighted by Crippen LogP contribution is -2.38. The molecule has 3 N–H and O–H groups in total. The zero-order valence-electron chi connectivity index (χ0n) is 15.3. The number of amides is 1. The molecule has 7 nitrogen and oxygen atoms in total. The van der Waals surface area contributed by atoms with Gasteiger partial charge >= 0.3 is 0 Å². The molecule has 1 aromatic carbocycles. The van der Waals surface area contributed by atoms with E-state index in [2.05, 4.69) is 6.58 Å². The fraction of sp³-hybridized carbons (Fsp3) is 0.474. The van der Waals surface area contributed by atoms with Crippen LogP contribution >= 0.6 is 0 Å². The normalized spacial score (nSPS) is 16.7. The molecule has 1 aromatic rings. The van der Waals surface area contributed by atoms with Gasteiger partial charge in [0.25, 0.3) is 5.91 Å². The molecule has 1 atom stereocenters. The molecule has 1 aliphatic rings. The molecule has 1 heterocycles. The van der Waals surface area contributed by atoms with E-state index in [1.54, 1.807) is 17.0 Å². The van der Waals surface area contributed by atoms with Crippen LogP contribution in [0, 0.1) is 0 Å². The van der Waals surface area contributed by atoms with Crippen LogP contribution in [0.5, 0.6) is 11.5 Å². The van der Waals surface area contributed by atoms with Gasteiger partial charge in [0.1, 0.15) is 5.78 Å². The van der Waals surface area contributed by atoms with E-state index in [4.69, 9.17) is 15.2 Å². The number of nitrogens with two attached hydrogens (primary N) is 1. The zero-order chi connectivity index (χ0) is 19.3. The molecule has 0 unspecified atom stereocenters. The third-order valence-corrected chi connectivity index (χ3v) is 4.45. The lowest BCUT2D eigenvalue weighted by molar-refractivity contribution is -0.117. The Morgan fingerprint density at radius 2 is 2.12 bits per heavy atom. The van der Waals surface area contributed by atoms with E-state index in [0.717, 1.165) is 5.57 Å². The van der Waals surface area contributed by atoms with Crippen LogP contribution in [0.3, 0.4) is 0 Å². The Morgan fingerprint density at radius 3 is 2.73 bits per heavy atom. The number of anilines is 1. The van der Waals surface area contributed by atoms with Crippen molar-refractivity contribution in [2.24, 2.45) is 0 Å². The molecule has 1 aliphatic heterocycles. The lowest BCUT2D eigenvalue weighted by Gasteiger charge is -2.24. The molecule has 0 saturated carbocycles. The predicted molar refractivity (Wildman–Crippen MR) is 98.5 cm³/mol. The summed E-state index contributed by atoms with van der Waals surface area (Å²) in [4.78, 5) is 25.4. The van der Waals surface area contributed by atoms with Crippen LogP contribution in [-0.4, -0.2) is 54.6 Å². The van der Waals surface area contributed by atoms with E-state index in [1.165, 1.54) is 14.0 Å². The van der Waals surface area contributed by atoms with Crippen LogP contribution in [0.25, 0.3) is 0 Å². The Hall–Kier alpha value is -2.54. The molecule has 26 heavy (non-hydrogen) atoms. The summed E-state index contributed by atoms with van der Waals surface area (Å²) in [7, 11) is 1.48. The minimum atomic E-state index is -0.393. The maximum Gasteiger partial charge on any atom is 0.256 e. The molecule has 1 amide bonds. The summed E-state index contributed by atoms with van der Waals surface area (Å²) in [6, 6.07) is 2.71. The Kier molecular flexibility index (Phi) is 6.63. The summed E-state index contributed by atoms with van der Waals surface area (Å²) in [6.07, 6.45) is 1.69. The maximum atomic E-state index is 12.9. The fourth-order valence-corrected chi connectivity index (χ4v) is 2.97. The molecule has 0 bridgehead atoms. The SMILES string of the molecule is C=C1CCN(C(=O)c2cc(OC)c(OCCCC(C)=O)cc2N)[C@H]1CO. The molecular formula is C19H26N2O5. The first-order valence-electron chi connectivity index (χ1n) is 8.58. The number of benzene rings is 1. The number of hydrogen-bond acceptors (Lipinski definition) is 6. The average Bonchev–Trinajstić information content (AvgIpc) is 2.98. The fourth-order valence-electron chi connectivity index (χ4n) is 2.97. The van der Waals surface area contributed by atoms with Gasteiger partial charge in [0, 0.05) is 24.7 Å². The first-order valence-corrected chi connectivity index (χ1v) is 8.58. The van der Waals surface area contributed by atoms with Crippen LogP contribution in [0.4, 0.5) is 5.69 Å². The van der Waals surface area contributed by atoms with Gasteiger partial charge in [-0.3, -0.25) is 4.79 Å². The highest BCUT2D eigenvalue weighted by molar-refractivity contribution is 6.00. The second-order valence-electron chi connectivity index (χ2n) is 6.35. The number of ether oxygens (including phenoxy) is 2. The van der Waals surface area contributed by atoms with E-state index in [-0.39, 0.29) is 24.0 Å². The number of aliphatic hydroxyl groups is 1. The molecule has 1 fully saturated rings. The summed E-state index contributed by atoms with van der Waals surface area (Å²) in [6.45, 7) is 6.11. The van der Waals surface area contributed by atoms with Crippen LogP contribution < -0.4 is 15.2 Å². The van der Waals surface area contributed by atoms with Gasteiger partial charge in [-0.2, -0.15) is 0 Å². The average molecular weight is 362 g/mol. The number of carbonyl (C=O) groups excluding carboxylic acids is 2. The van der Waals surface area contributed by atoms with Crippen molar-refractivity contribution in [1.29, 1.82) is 0 Å². The number of hydrogen-bond donors (Lipinski definition) is 2. The topological polar surface area (TPSA) is 102 Å². The van der Waals surface area contributed by atoms with Gasteiger partial charge < -0.3 is 30.0 Å².